The number of pyridine rings is 1. The molecule has 0 spiro atoms. The maximum Gasteiger partial charge on any atom is 0.220 e. The van der Waals surface area contributed by atoms with Crippen LogP contribution in [0.25, 0.3) is 0 Å². The van der Waals surface area contributed by atoms with Gasteiger partial charge in [-0.2, -0.15) is 0 Å². The molecule has 1 saturated carbocycles. The zero-order valence-electron chi connectivity index (χ0n) is 16.3. The largest absolute Gasteiger partial charge is 0.490 e. The molecule has 5 heteroatoms. The minimum atomic E-state index is 0.166. The van der Waals surface area contributed by atoms with Crippen molar-refractivity contribution in [3.8, 4) is 5.75 Å². The first-order valence-corrected chi connectivity index (χ1v) is 10.4. The minimum absolute atomic E-state index is 0.166. The Labute approximate surface area is 167 Å². The van der Waals surface area contributed by atoms with E-state index in [1.165, 1.54) is 24.0 Å². The summed E-state index contributed by atoms with van der Waals surface area (Å²) in [6.45, 7) is 2.47. The average Bonchev–Trinajstić information content (AvgIpc) is 3.36. The van der Waals surface area contributed by atoms with E-state index in [0.29, 0.717) is 12.5 Å². The summed E-state index contributed by atoms with van der Waals surface area (Å²) in [4.78, 5) is 18.2. The van der Waals surface area contributed by atoms with E-state index in [0.717, 1.165) is 44.6 Å². The van der Waals surface area contributed by atoms with Crippen LogP contribution >= 0.6 is 0 Å². The molecule has 1 aliphatic heterocycles. The van der Waals surface area contributed by atoms with Gasteiger partial charge in [0.2, 0.25) is 5.91 Å². The molecule has 5 nitrogen and oxygen atoms in total. The first-order valence-electron chi connectivity index (χ1n) is 10.4. The van der Waals surface area contributed by atoms with Gasteiger partial charge in [-0.05, 0) is 55.9 Å². The summed E-state index contributed by atoms with van der Waals surface area (Å²) in [6, 6.07) is 12.7. The van der Waals surface area contributed by atoms with Crippen LogP contribution in [0.15, 0.2) is 48.8 Å². The molecule has 1 aromatic heterocycles. The lowest BCUT2D eigenvalue weighted by atomic mass is 10.1. The lowest BCUT2D eigenvalue weighted by molar-refractivity contribution is -0.119. The first-order chi connectivity index (χ1) is 13.8. The average molecular weight is 380 g/mol. The fourth-order valence-electron chi connectivity index (χ4n) is 4.23. The Bertz CT molecular complexity index is 774. The van der Waals surface area contributed by atoms with Crippen molar-refractivity contribution in [2.75, 3.05) is 6.54 Å². The lowest BCUT2D eigenvalue weighted by Gasteiger charge is -2.27. The zero-order chi connectivity index (χ0) is 19.2. The number of para-hydroxylation sites is 1. The quantitative estimate of drug-likeness (QED) is 0.760. The number of hydrogen-bond acceptors (Lipinski definition) is 4. The number of amides is 1. The van der Waals surface area contributed by atoms with Gasteiger partial charge in [0, 0.05) is 50.1 Å². The van der Waals surface area contributed by atoms with Gasteiger partial charge in [0.1, 0.15) is 5.75 Å². The second-order valence-electron chi connectivity index (χ2n) is 7.96. The molecule has 1 N–H and O–H groups in total. The number of carbonyl (C=O) groups is 1. The predicted octanol–water partition coefficient (Wildman–Crippen LogP) is 3.68. The maximum absolute atomic E-state index is 11.6. The highest BCUT2D eigenvalue weighted by molar-refractivity contribution is 5.78. The lowest BCUT2D eigenvalue weighted by Crippen LogP contribution is -2.38. The van der Waals surface area contributed by atoms with Crippen LogP contribution in [0.5, 0.6) is 5.75 Å². The highest BCUT2D eigenvalue weighted by Crippen LogP contribution is 2.28. The second-order valence-corrected chi connectivity index (χ2v) is 7.96. The van der Waals surface area contributed by atoms with Crippen molar-refractivity contribution in [3.05, 3.63) is 59.9 Å². The molecule has 28 heavy (non-hydrogen) atoms. The fraction of sp³-hybridized carbons (Fsp3) is 0.478. The number of benzene rings is 1. The fourth-order valence-corrected chi connectivity index (χ4v) is 4.23. The molecule has 2 aliphatic rings. The van der Waals surface area contributed by atoms with E-state index in [1.54, 1.807) is 0 Å². The van der Waals surface area contributed by atoms with Crippen molar-refractivity contribution in [1.29, 1.82) is 0 Å². The first kappa shape index (κ1) is 18.9. The third kappa shape index (κ3) is 5.10. The van der Waals surface area contributed by atoms with Crippen LogP contribution in [0.3, 0.4) is 0 Å². The molecule has 0 bridgehead atoms. The predicted molar refractivity (Wildman–Crippen MR) is 109 cm³/mol. The molecule has 1 aromatic carbocycles. The van der Waals surface area contributed by atoms with Gasteiger partial charge in [-0.3, -0.25) is 14.7 Å². The smallest absolute Gasteiger partial charge is 0.220 e. The van der Waals surface area contributed by atoms with Crippen molar-refractivity contribution in [2.24, 2.45) is 0 Å². The van der Waals surface area contributed by atoms with Crippen LogP contribution < -0.4 is 10.1 Å². The van der Waals surface area contributed by atoms with Crippen LogP contribution in [0.2, 0.25) is 0 Å². The highest BCUT2D eigenvalue weighted by atomic mass is 16.5. The van der Waals surface area contributed by atoms with Gasteiger partial charge in [-0.25, -0.2) is 0 Å². The number of ether oxygens (including phenoxy) is 1. The van der Waals surface area contributed by atoms with Crippen molar-refractivity contribution in [1.82, 2.24) is 15.2 Å². The Morgan fingerprint density at radius 2 is 1.82 bits per heavy atom. The molecule has 2 heterocycles. The number of nitrogens with one attached hydrogen (secondary N) is 1. The van der Waals surface area contributed by atoms with Crippen molar-refractivity contribution in [2.45, 2.75) is 63.8 Å². The number of nitrogens with zero attached hydrogens (tertiary/aromatic N) is 2. The van der Waals surface area contributed by atoms with Crippen LogP contribution in [-0.2, 0) is 17.9 Å². The van der Waals surface area contributed by atoms with Gasteiger partial charge in [0.25, 0.3) is 0 Å². The summed E-state index contributed by atoms with van der Waals surface area (Å²) in [5.74, 6) is 1.17. The van der Waals surface area contributed by atoms with E-state index in [9.17, 15) is 4.79 Å². The van der Waals surface area contributed by atoms with Crippen LogP contribution in [0.4, 0.5) is 0 Å². The van der Waals surface area contributed by atoms with E-state index < -0.39 is 0 Å². The van der Waals surface area contributed by atoms with Gasteiger partial charge >= 0.3 is 0 Å². The van der Waals surface area contributed by atoms with Crippen LogP contribution in [0, 0.1) is 0 Å². The topological polar surface area (TPSA) is 54.5 Å². The van der Waals surface area contributed by atoms with Gasteiger partial charge < -0.3 is 10.1 Å². The molecule has 4 rings (SSSR count). The number of hydrogen-bond donors (Lipinski definition) is 1. The van der Waals surface area contributed by atoms with E-state index in [-0.39, 0.29) is 11.9 Å². The molecule has 148 valence electrons. The third-order valence-electron chi connectivity index (χ3n) is 5.68. The zero-order valence-corrected chi connectivity index (χ0v) is 16.3. The molecule has 1 saturated heterocycles. The Morgan fingerprint density at radius 1 is 1.04 bits per heavy atom. The third-order valence-corrected chi connectivity index (χ3v) is 5.68. The molecule has 1 aliphatic carbocycles. The summed E-state index contributed by atoms with van der Waals surface area (Å²) < 4.78 is 6.34. The highest BCUT2D eigenvalue weighted by Gasteiger charge is 2.24. The molecule has 2 aromatic rings. The molecular weight excluding hydrogens is 350 g/mol. The molecule has 0 unspecified atom stereocenters. The summed E-state index contributed by atoms with van der Waals surface area (Å²) in [5, 5.41) is 3.11. The Hall–Kier alpha value is -2.40. The van der Waals surface area contributed by atoms with E-state index in [4.69, 9.17) is 4.74 Å². The van der Waals surface area contributed by atoms with Crippen LogP contribution in [0.1, 0.15) is 49.7 Å². The second kappa shape index (κ2) is 9.20. The van der Waals surface area contributed by atoms with Crippen LogP contribution in [-0.4, -0.2) is 34.5 Å². The number of carbonyl (C=O) groups excluding carboxylic acids is 1. The molecule has 0 radical (unpaired) electrons. The van der Waals surface area contributed by atoms with E-state index in [2.05, 4.69) is 51.6 Å². The summed E-state index contributed by atoms with van der Waals surface area (Å²) in [5.41, 5.74) is 2.45. The minimum Gasteiger partial charge on any atom is -0.490 e. The van der Waals surface area contributed by atoms with E-state index >= 15 is 0 Å². The summed E-state index contributed by atoms with van der Waals surface area (Å²) in [7, 11) is 0. The summed E-state index contributed by atoms with van der Waals surface area (Å²) in [6.07, 6.45) is 10.4. The Balaban J connectivity index is 1.48. The standard InChI is InChI=1S/C23H29N3O2/c27-23-10-9-20(25-23)17-26(15-18-11-13-24-14-12-18)16-19-5-1-4-8-22(19)28-21-6-2-3-7-21/h1,4-5,8,11-14,20-21H,2-3,6-7,9-10,15-17H2,(H,25,27)/t20-/m0/s1. The monoisotopic (exact) mass is 379 g/mol. The van der Waals surface area contributed by atoms with Gasteiger partial charge in [-0.15, -0.1) is 0 Å². The van der Waals surface area contributed by atoms with Crippen molar-refractivity contribution < 1.29 is 9.53 Å². The molecule has 1 atom stereocenters. The molecule has 1 amide bonds. The normalized spacial score (nSPS) is 19.9. The van der Waals surface area contributed by atoms with Gasteiger partial charge in [-0.1, -0.05) is 18.2 Å². The Morgan fingerprint density at radius 3 is 2.57 bits per heavy atom. The molecule has 2 fully saturated rings. The van der Waals surface area contributed by atoms with Crippen molar-refractivity contribution in [3.63, 3.8) is 0 Å². The van der Waals surface area contributed by atoms with Crippen molar-refractivity contribution >= 4 is 5.91 Å². The maximum atomic E-state index is 11.6. The SMILES string of the molecule is O=C1CC[C@@H](CN(Cc2ccncc2)Cc2ccccc2OC2CCCC2)N1. The molecular formula is C23H29N3O2. The number of aromatic nitrogens is 1. The van der Waals surface area contributed by atoms with Gasteiger partial charge in [0.05, 0.1) is 6.10 Å². The summed E-state index contributed by atoms with van der Waals surface area (Å²) >= 11 is 0. The Kier molecular flexibility index (Phi) is 6.22. The van der Waals surface area contributed by atoms with Gasteiger partial charge in [0.15, 0.2) is 0 Å². The number of rotatable bonds is 8. The van der Waals surface area contributed by atoms with E-state index in [1.807, 2.05) is 12.4 Å².